The summed E-state index contributed by atoms with van der Waals surface area (Å²) in [5.41, 5.74) is 5.54. The average Bonchev–Trinajstić information content (AvgIpc) is 2.25. The first-order valence-corrected chi connectivity index (χ1v) is 5.28. The monoisotopic (exact) mass is 227 g/mol. The van der Waals surface area contributed by atoms with Crippen molar-refractivity contribution >= 4 is 5.97 Å². The van der Waals surface area contributed by atoms with Gasteiger partial charge >= 0.3 is 5.97 Å². The fourth-order valence-corrected chi connectivity index (χ4v) is 1.66. The predicted octanol–water partition coefficient (Wildman–Crippen LogP) is -0.347. The maximum atomic E-state index is 10.8. The maximum absolute atomic E-state index is 10.8. The Morgan fingerprint density at radius 1 is 1.75 bits per heavy atom. The third-order valence-electron chi connectivity index (χ3n) is 2.45. The van der Waals surface area contributed by atoms with Crippen molar-refractivity contribution < 1.29 is 14.6 Å². The number of rotatable bonds is 4. The molecule has 1 fully saturated rings. The van der Waals surface area contributed by atoms with Crippen LogP contribution in [0.2, 0.25) is 0 Å². The summed E-state index contributed by atoms with van der Waals surface area (Å²) in [4.78, 5) is 10.8. The van der Waals surface area contributed by atoms with Gasteiger partial charge in [-0.2, -0.15) is 5.26 Å². The molecule has 0 bridgehead atoms. The zero-order valence-electron chi connectivity index (χ0n) is 9.22. The van der Waals surface area contributed by atoms with Crippen molar-refractivity contribution in [2.75, 3.05) is 6.61 Å². The topological polar surface area (TPSA) is 108 Å². The van der Waals surface area contributed by atoms with Gasteiger partial charge in [0.2, 0.25) is 0 Å². The van der Waals surface area contributed by atoms with Gasteiger partial charge in [-0.15, -0.1) is 0 Å². The molecule has 1 aliphatic rings. The molecule has 0 saturated carbocycles. The molecule has 16 heavy (non-hydrogen) atoms. The van der Waals surface area contributed by atoms with E-state index < -0.39 is 18.2 Å². The van der Waals surface area contributed by atoms with E-state index in [0.717, 1.165) is 0 Å². The van der Waals surface area contributed by atoms with Crippen LogP contribution in [0.15, 0.2) is 0 Å². The van der Waals surface area contributed by atoms with Crippen LogP contribution in [-0.4, -0.2) is 36.0 Å². The van der Waals surface area contributed by atoms with Crippen LogP contribution >= 0.6 is 0 Å². The van der Waals surface area contributed by atoms with Crippen LogP contribution in [0.3, 0.4) is 0 Å². The third-order valence-corrected chi connectivity index (χ3v) is 2.45. The first-order valence-electron chi connectivity index (χ1n) is 5.28. The minimum atomic E-state index is -0.950. The van der Waals surface area contributed by atoms with E-state index in [2.05, 4.69) is 11.4 Å². The van der Waals surface area contributed by atoms with Crippen LogP contribution in [0, 0.1) is 17.2 Å². The number of nitriles is 1. The van der Waals surface area contributed by atoms with Gasteiger partial charge in [0.1, 0.15) is 12.3 Å². The Morgan fingerprint density at radius 3 is 2.94 bits per heavy atom. The third kappa shape index (κ3) is 3.77. The molecule has 6 nitrogen and oxygen atoms in total. The maximum Gasteiger partial charge on any atom is 0.320 e. The normalized spacial score (nSPS) is 31.7. The van der Waals surface area contributed by atoms with Crippen molar-refractivity contribution in [2.24, 2.45) is 11.7 Å². The lowest BCUT2D eigenvalue weighted by molar-refractivity contribution is -0.143. The summed E-state index contributed by atoms with van der Waals surface area (Å²) in [5, 5.41) is 20.6. The SMILES string of the molecule is CC(N)COC1CC(C#N)CC(C(=O)O)N1. The second-order valence-corrected chi connectivity index (χ2v) is 4.15. The molecule has 1 saturated heterocycles. The first kappa shape index (κ1) is 12.9. The van der Waals surface area contributed by atoms with Crippen LogP contribution in [0.1, 0.15) is 19.8 Å². The van der Waals surface area contributed by atoms with Crippen molar-refractivity contribution in [3.05, 3.63) is 0 Å². The highest BCUT2D eigenvalue weighted by Gasteiger charge is 2.32. The van der Waals surface area contributed by atoms with E-state index in [0.29, 0.717) is 19.4 Å². The van der Waals surface area contributed by atoms with Crippen LogP contribution in [-0.2, 0) is 9.53 Å². The van der Waals surface area contributed by atoms with Gasteiger partial charge < -0.3 is 15.6 Å². The van der Waals surface area contributed by atoms with Crippen molar-refractivity contribution in [2.45, 2.75) is 38.1 Å². The van der Waals surface area contributed by atoms with Gasteiger partial charge in [0.15, 0.2) is 0 Å². The number of piperidine rings is 1. The fourth-order valence-electron chi connectivity index (χ4n) is 1.66. The van der Waals surface area contributed by atoms with Crippen LogP contribution < -0.4 is 11.1 Å². The minimum absolute atomic E-state index is 0.104. The molecule has 0 aromatic carbocycles. The van der Waals surface area contributed by atoms with Crippen LogP contribution in [0.5, 0.6) is 0 Å². The van der Waals surface area contributed by atoms with Crippen LogP contribution in [0.4, 0.5) is 0 Å². The first-order chi connectivity index (χ1) is 7.52. The van der Waals surface area contributed by atoms with Gasteiger partial charge in [-0.3, -0.25) is 10.1 Å². The quantitative estimate of drug-likeness (QED) is 0.606. The molecular weight excluding hydrogens is 210 g/mol. The molecule has 4 N–H and O–H groups in total. The smallest absolute Gasteiger partial charge is 0.320 e. The van der Waals surface area contributed by atoms with Crippen molar-refractivity contribution in [3.63, 3.8) is 0 Å². The molecule has 1 heterocycles. The number of hydrogen-bond acceptors (Lipinski definition) is 5. The van der Waals surface area contributed by atoms with Gasteiger partial charge in [-0.25, -0.2) is 0 Å². The summed E-state index contributed by atoms with van der Waals surface area (Å²) < 4.78 is 5.41. The Hall–Kier alpha value is -1.16. The summed E-state index contributed by atoms with van der Waals surface area (Å²) in [6, 6.07) is 1.28. The number of carboxylic acid groups (broad SMARTS) is 1. The Bertz CT molecular complexity index is 288. The molecule has 1 aliphatic heterocycles. The Balaban J connectivity index is 2.51. The molecule has 90 valence electrons. The Morgan fingerprint density at radius 2 is 2.44 bits per heavy atom. The number of carbonyl (C=O) groups is 1. The fraction of sp³-hybridized carbons (Fsp3) is 0.800. The molecular formula is C10H17N3O3. The zero-order chi connectivity index (χ0) is 12.1. The average molecular weight is 227 g/mol. The van der Waals surface area contributed by atoms with E-state index in [4.69, 9.17) is 20.8 Å². The molecule has 4 unspecified atom stereocenters. The molecule has 0 spiro atoms. The molecule has 0 amide bonds. The summed E-state index contributed by atoms with van der Waals surface area (Å²) in [5.74, 6) is -1.23. The lowest BCUT2D eigenvalue weighted by atomic mass is 9.92. The molecule has 0 aromatic rings. The van der Waals surface area contributed by atoms with Gasteiger partial charge in [0, 0.05) is 12.5 Å². The predicted molar refractivity (Wildman–Crippen MR) is 56.3 cm³/mol. The molecule has 0 radical (unpaired) electrons. The van der Waals surface area contributed by atoms with Crippen molar-refractivity contribution in [1.29, 1.82) is 5.26 Å². The number of hydrogen-bond donors (Lipinski definition) is 3. The zero-order valence-corrected chi connectivity index (χ0v) is 9.22. The second-order valence-electron chi connectivity index (χ2n) is 4.15. The van der Waals surface area contributed by atoms with Gasteiger partial charge in [-0.05, 0) is 13.3 Å². The highest BCUT2D eigenvalue weighted by Crippen LogP contribution is 2.20. The lowest BCUT2D eigenvalue weighted by Crippen LogP contribution is -2.51. The standard InChI is InChI=1S/C10H17N3O3/c1-6(12)5-16-9-3-7(4-11)2-8(13-9)10(14)15/h6-9,13H,2-3,5,12H2,1H3,(H,14,15). The van der Waals surface area contributed by atoms with Crippen molar-refractivity contribution in [3.8, 4) is 6.07 Å². The molecule has 1 rings (SSSR count). The molecule has 6 heteroatoms. The molecule has 0 aliphatic carbocycles. The lowest BCUT2D eigenvalue weighted by Gasteiger charge is -2.31. The highest BCUT2D eigenvalue weighted by molar-refractivity contribution is 5.73. The summed E-state index contributed by atoms with van der Waals surface area (Å²) in [6.45, 7) is 2.15. The summed E-state index contributed by atoms with van der Waals surface area (Å²) >= 11 is 0. The Kier molecular flexibility index (Phi) is 4.68. The van der Waals surface area contributed by atoms with E-state index in [1.54, 1.807) is 6.92 Å². The van der Waals surface area contributed by atoms with E-state index in [1.807, 2.05) is 0 Å². The second kappa shape index (κ2) is 5.80. The number of nitrogens with two attached hydrogens (primary N) is 1. The minimum Gasteiger partial charge on any atom is -0.480 e. The highest BCUT2D eigenvalue weighted by atomic mass is 16.5. The van der Waals surface area contributed by atoms with Gasteiger partial charge in [-0.1, -0.05) is 0 Å². The van der Waals surface area contributed by atoms with E-state index in [1.165, 1.54) is 0 Å². The summed E-state index contributed by atoms with van der Waals surface area (Å²) in [6.07, 6.45) is 0.433. The largest absolute Gasteiger partial charge is 0.480 e. The number of carboxylic acids is 1. The van der Waals surface area contributed by atoms with Gasteiger partial charge in [0.25, 0.3) is 0 Å². The van der Waals surface area contributed by atoms with E-state index in [9.17, 15) is 4.79 Å². The number of nitrogens with one attached hydrogen (secondary N) is 1. The Labute approximate surface area is 94.4 Å². The van der Waals surface area contributed by atoms with E-state index in [-0.39, 0.29) is 12.0 Å². The molecule has 0 aromatic heterocycles. The number of aliphatic carboxylic acids is 1. The van der Waals surface area contributed by atoms with Crippen LogP contribution in [0.25, 0.3) is 0 Å². The number of ether oxygens (including phenoxy) is 1. The molecule has 4 atom stereocenters. The number of nitrogens with zero attached hydrogens (tertiary/aromatic N) is 1. The van der Waals surface area contributed by atoms with Crippen molar-refractivity contribution in [1.82, 2.24) is 5.32 Å². The van der Waals surface area contributed by atoms with Gasteiger partial charge in [0.05, 0.1) is 18.6 Å². The summed E-state index contributed by atoms with van der Waals surface area (Å²) in [7, 11) is 0. The van der Waals surface area contributed by atoms with E-state index >= 15 is 0 Å².